The number of fused-ring (bicyclic) bond motifs is 7. The van der Waals surface area contributed by atoms with Crippen LogP contribution in [0.2, 0.25) is 0 Å². The van der Waals surface area contributed by atoms with E-state index >= 15 is 0 Å². The molecule has 2 bridgehead atoms. The number of benzene rings is 2. The maximum atomic E-state index is 14.8. The van der Waals surface area contributed by atoms with Gasteiger partial charge < -0.3 is 14.2 Å². The Kier molecular flexibility index (Phi) is 9.72. The van der Waals surface area contributed by atoms with Crippen molar-refractivity contribution in [1.29, 1.82) is 0 Å². The minimum atomic E-state index is -3.84. The minimum Gasteiger partial charge on any atom is -0.497 e. The van der Waals surface area contributed by atoms with E-state index in [1.165, 1.54) is 12.0 Å². The Morgan fingerprint density at radius 1 is 0.982 bits per heavy atom. The number of methoxy groups -OCH3 is 1. The van der Waals surface area contributed by atoms with Crippen LogP contribution in [-0.2, 0) is 16.6 Å². The number of likely N-dealkylation sites (N-methyl/N-ethyl adjacent to an activating group) is 1. The van der Waals surface area contributed by atoms with E-state index in [2.05, 4.69) is 58.1 Å². The number of nitrogens with one attached hydrogen (secondary N) is 1. The third kappa shape index (κ3) is 6.39. The number of hydrogen-bond acceptors (Lipinski definition) is 7. The molecule has 2 aromatic heterocycles. The van der Waals surface area contributed by atoms with Gasteiger partial charge in [0.25, 0.3) is 11.8 Å². The van der Waals surface area contributed by atoms with Crippen LogP contribution >= 0.6 is 0 Å². The SMILES string of the molecule is CCN1C[C@@H]2C[C@H]1CN2C(=O)c1c(C)nn(C(C)C)c1C1=Cc2cc(OC)ccc2-c2c(C3CCCCC3)c3ccc(C(=O)NS(=O)(=O)C(C)C)cc3n2C1. The fourth-order valence-electron chi connectivity index (χ4n) is 9.65. The van der Waals surface area contributed by atoms with E-state index in [9.17, 15) is 18.0 Å². The van der Waals surface area contributed by atoms with Gasteiger partial charge in [0, 0.05) is 53.2 Å². The van der Waals surface area contributed by atoms with Crippen LogP contribution in [0.1, 0.15) is 128 Å². The smallest absolute Gasteiger partial charge is 0.264 e. The lowest BCUT2D eigenvalue weighted by Crippen LogP contribution is -2.48. The molecule has 1 N–H and O–H groups in total. The molecule has 12 heteroatoms. The van der Waals surface area contributed by atoms with E-state index in [4.69, 9.17) is 9.84 Å². The zero-order chi connectivity index (χ0) is 38.9. The van der Waals surface area contributed by atoms with Crippen LogP contribution in [0, 0.1) is 6.92 Å². The highest BCUT2D eigenvalue weighted by molar-refractivity contribution is 7.90. The van der Waals surface area contributed by atoms with Crippen molar-refractivity contribution in [2.45, 2.75) is 116 Å². The van der Waals surface area contributed by atoms with Crippen molar-refractivity contribution < 1.29 is 22.7 Å². The number of likely N-dealkylation sites (tertiary alicyclic amines) is 2. The molecule has 1 saturated carbocycles. The molecule has 4 aliphatic rings. The summed E-state index contributed by atoms with van der Waals surface area (Å²) in [6.07, 6.45) is 8.85. The van der Waals surface area contributed by atoms with Crippen LogP contribution in [0.4, 0.5) is 0 Å². The van der Waals surface area contributed by atoms with Crippen LogP contribution in [0.3, 0.4) is 0 Å². The lowest BCUT2D eigenvalue weighted by atomic mass is 9.81. The molecule has 55 heavy (non-hydrogen) atoms. The van der Waals surface area contributed by atoms with E-state index < -0.39 is 21.2 Å². The van der Waals surface area contributed by atoms with Gasteiger partial charge in [-0.3, -0.25) is 19.2 Å². The maximum Gasteiger partial charge on any atom is 0.264 e. The third-order valence-electron chi connectivity index (χ3n) is 12.5. The molecular formula is C43H54N6O5S. The van der Waals surface area contributed by atoms with E-state index in [0.717, 1.165) is 96.5 Å². The molecule has 292 valence electrons. The van der Waals surface area contributed by atoms with Crippen LogP contribution in [0.5, 0.6) is 5.75 Å². The molecule has 4 aromatic rings. The lowest BCUT2D eigenvalue weighted by Gasteiger charge is -2.33. The van der Waals surface area contributed by atoms with Gasteiger partial charge in [0.1, 0.15) is 5.75 Å². The fourth-order valence-corrected chi connectivity index (χ4v) is 10.3. The summed E-state index contributed by atoms with van der Waals surface area (Å²) >= 11 is 0. The van der Waals surface area contributed by atoms with Crippen molar-refractivity contribution in [3.05, 3.63) is 70.0 Å². The molecule has 0 unspecified atom stereocenters. The van der Waals surface area contributed by atoms with Crippen molar-refractivity contribution in [3.63, 3.8) is 0 Å². The number of aryl methyl sites for hydroxylation is 1. The van der Waals surface area contributed by atoms with E-state index in [-0.39, 0.29) is 23.6 Å². The Balaban J connectivity index is 1.35. The summed E-state index contributed by atoms with van der Waals surface area (Å²) in [6.45, 7) is 14.5. The molecule has 2 amide bonds. The predicted octanol–water partition coefficient (Wildman–Crippen LogP) is 7.39. The van der Waals surface area contributed by atoms with Gasteiger partial charge in [0.2, 0.25) is 10.0 Å². The molecule has 11 nitrogen and oxygen atoms in total. The Hall–Kier alpha value is -4.42. The summed E-state index contributed by atoms with van der Waals surface area (Å²) in [4.78, 5) is 33.0. The summed E-state index contributed by atoms with van der Waals surface area (Å²) in [7, 11) is -2.16. The number of hydrogen-bond donors (Lipinski definition) is 1. The first-order chi connectivity index (χ1) is 26.3. The van der Waals surface area contributed by atoms with Gasteiger partial charge in [-0.1, -0.05) is 32.3 Å². The summed E-state index contributed by atoms with van der Waals surface area (Å²) in [5.74, 6) is 0.438. The van der Waals surface area contributed by atoms with Crippen molar-refractivity contribution in [3.8, 4) is 17.0 Å². The highest BCUT2D eigenvalue weighted by Gasteiger charge is 2.46. The Morgan fingerprint density at radius 3 is 2.40 bits per heavy atom. The van der Waals surface area contributed by atoms with Gasteiger partial charge in [0.15, 0.2) is 0 Å². The van der Waals surface area contributed by atoms with Gasteiger partial charge in [-0.2, -0.15) is 5.10 Å². The first-order valence-corrected chi connectivity index (χ1v) is 21.6. The second kappa shape index (κ2) is 14.3. The Bertz CT molecular complexity index is 2330. The number of allylic oxidation sites excluding steroid dienone is 1. The summed E-state index contributed by atoms with van der Waals surface area (Å²) in [6, 6.07) is 12.4. The second-order valence-corrected chi connectivity index (χ2v) is 18.7. The van der Waals surface area contributed by atoms with Gasteiger partial charge in [-0.15, -0.1) is 0 Å². The molecule has 2 saturated heterocycles. The van der Waals surface area contributed by atoms with Crippen molar-refractivity contribution in [2.75, 3.05) is 26.7 Å². The molecule has 0 spiro atoms. The molecule has 0 radical (unpaired) electrons. The number of sulfonamides is 1. The second-order valence-electron chi connectivity index (χ2n) is 16.5. The number of nitrogens with zero attached hydrogens (tertiary/aromatic N) is 5. The first kappa shape index (κ1) is 37.5. The molecule has 5 heterocycles. The number of rotatable bonds is 9. The molecule has 8 rings (SSSR count). The van der Waals surface area contributed by atoms with Crippen molar-refractivity contribution >= 4 is 44.4 Å². The fraction of sp³-hybridized carbons (Fsp3) is 0.512. The predicted molar refractivity (Wildman–Crippen MR) is 217 cm³/mol. The summed E-state index contributed by atoms with van der Waals surface area (Å²) in [5.41, 5.74) is 8.64. The van der Waals surface area contributed by atoms with Crippen LogP contribution in [0.15, 0.2) is 36.4 Å². The molecule has 2 aromatic carbocycles. The van der Waals surface area contributed by atoms with Crippen molar-refractivity contribution in [1.82, 2.24) is 28.9 Å². The monoisotopic (exact) mass is 766 g/mol. The van der Waals surface area contributed by atoms with Gasteiger partial charge in [-0.25, -0.2) is 13.1 Å². The summed E-state index contributed by atoms with van der Waals surface area (Å²) in [5, 5.41) is 5.36. The molecule has 2 atom stereocenters. The lowest BCUT2D eigenvalue weighted by molar-refractivity contribution is 0.0629. The number of piperazine rings is 1. The van der Waals surface area contributed by atoms with E-state index in [1.807, 2.05) is 29.8 Å². The van der Waals surface area contributed by atoms with Gasteiger partial charge >= 0.3 is 0 Å². The number of carbonyl (C=O) groups excluding carboxylic acids is 2. The van der Waals surface area contributed by atoms with E-state index in [1.54, 1.807) is 27.0 Å². The molecule has 3 fully saturated rings. The van der Waals surface area contributed by atoms with Crippen LogP contribution in [-0.4, -0.2) is 88.5 Å². The van der Waals surface area contributed by atoms with Crippen molar-refractivity contribution in [2.24, 2.45) is 0 Å². The highest BCUT2D eigenvalue weighted by Crippen LogP contribution is 2.48. The van der Waals surface area contributed by atoms with Crippen LogP contribution in [0.25, 0.3) is 33.8 Å². The Labute approximate surface area is 324 Å². The minimum absolute atomic E-state index is 0.0216. The number of carbonyl (C=O) groups is 2. The number of aromatic nitrogens is 3. The summed E-state index contributed by atoms with van der Waals surface area (Å²) < 4.78 is 38.0. The first-order valence-electron chi connectivity index (χ1n) is 20.1. The highest BCUT2D eigenvalue weighted by atomic mass is 32.2. The van der Waals surface area contributed by atoms with Crippen LogP contribution < -0.4 is 9.46 Å². The number of amides is 2. The Morgan fingerprint density at radius 2 is 1.75 bits per heavy atom. The molecule has 1 aliphatic carbocycles. The van der Waals surface area contributed by atoms with Gasteiger partial charge in [0.05, 0.1) is 41.5 Å². The average Bonchev–Trinajstić information content (AvgIpc) is 3.92. The maximum absolute atomic E-state index is 14.8. The largest absolute Gasteiger partial charge is 0.497 e. The average molecular weight is 767 g/mol. The van der Waals surface area contributed by atoms with Gasteiger partial charge in [-0.05, 0) is 119 Å². The quantitative estimate of drug-likeness (QED) is 0.189. The third-order valence-corrected chi connectivity index (χ3v) is 14.2. The molecule has 3 aliphatic heterocycles. The zero-order valence-electron chi connectivity index (χ0n) is 33.2. The molecular weight excluding hydrogens is 713 g/mol. The normalized spacial score (nSPS) is 20.2. The topological polar surface area (TPSA) is 119 Å². The zero-order valence-corrected chi connectivity index (χ0v) is 34.0. The number of ether oxygens (including phenoxy) is 1. The standard InChI is InChI=1S/C43H54N6O5S/c1-8-46-23-33-21-32(46)24-47(33)43(51)38-27(6)44-49(25(2)3)40(38)31-18-30-19-34(54-7)15-17-35(30)41-39(28-12-10-9-11-13-28)36-16-14-29(20-37(36)48(41)22-31)42(50)45-55(52,53)26(4)5/h14-20,25-26,28,32-33H,8-13,21-24H2,1-7H3,(H,45,50)/t32-,33-/m0/s1. The van der Waals surface area contributed by atoms with E-state index in [0.29, 0.717) is 29.8 Å².